The van der Waals surface area contributed by atoms with Gasteiger partial charge >= 0.3 is 0 Å². The summed E-state index contributed by atoms with van der Waals surface area (Å²) < 4.78 is 11.1. The topological polar surface area (TPSA) is 68.5 Å². The SMILES string of the molecule is CC(=O)c1ccc(NC(=O)c2ccc(COc3c(Cl)c(Cl)c(Cl)c(Cl)c3Cl)o2)cc1. The molecule has 0 aliphatic heterocycles. The number of ketones is 1. The molecule has 10 heteroatoms. The number of carbonyl (C=O) groups is 2. The Kier molecular flexibility index (Phi) is 7.22. The zero-order valence-corrected chi connectivity index (χ0v) is 19.0. The average molecular weight is 508 g/mol. The second-order valence-electron chi connectivity index (χ2n) is 6.04. The van der Waals surface area contributed by atoms with Crippen molar-refractivity contribution in [2.24, 2.45) is 0 Å². The molecule has 0 atom stereocenters. The molecule has 0 aliphatic carbocycles. The maximum absolute atomic E-state index is 12.4. The lowest BCUT2D eigenvalue weighted by Crippen LogP contribution is -2.11. The summed E-state index contributed by atoms with van der Waals surface area (Å²) in [5.74, 6) is -0.0850. The Morgan fingerprint density at radius 3 is 2.00 bits per heavy atom. The van der Waals surface area contributed by atoms with Crippen LogP contribution in [0.3, 0.4) is 0 Å². The van der Waals surface area contributed by atoms with E-state index in [4.69, 9.17) is 67.2 Å². The largest absolute Gasteiger partial charge is 0.482 e. The normalized spacial score (nSPS) is 10.7. The summed E-state index contributed by atoms with van der Waals surface area (Å²) >= 11 is 30.2. The van der Waals surface area contributed by atoms with Crippen LogP contribution in [0.2, 0.25) is 25.1 Å². The highest BCUT2D eigenvalue weighted by Crippen LogP contribution is 2.48. The van der Waals surface area contributed by atoms with Gasteiger partial charge in [-0.3, -0.25) is 9.59 Å². The summed E-state index contributed by atoms with van der Waals surface area (Å²) in [5.41, 5.74) is 1.06. The quantitative estimate of drug-likeness (QED) is 0.212. The van der Waals surface area contributed by atoms with E-state index in [9.17, 15) is 9.59 Å². The molecule has 0 saturated heterocycles. The number of hydrogen-bond acceptors (Lipinski definition) is 4. The number of halogens is 5. The van der Waals surface area contributed by atoms with Gasteiger partial charge in [0.05, 0.1) is 15.1 Å². The van der Waals surface area contributed by atoms with Crippen LogP contribution in [0.4, 0.5) is 5.69 Å². The predicted octanol–water partition coefficient (Wildman–Crippen LogP) is 7.58. The van der Waals surface area contributed by atoms with E-state index in [1.807, 2.05) is 0 Å². The fourth-order valence-corrected chi connectivity index (χ4v) is 3.64. The molecule has 5 nitrogen and oxygen atoms in total. The Hall–Kier alpha value is -1.89. The minimum atomic E-state index is -0.467. The molecule has 0 bridgehead atoms. The predicted molar refractivity (Wildman–Crippen MR) is 119 cm³/mol. The average Bonchev–Trinajstić information content (AvgIpc) is 3.20. The summed E-state index contributed by atoms with van der Waals surface area (Å²) in [5, 5.41) is 2.74. The third-order valence-electron chi connectivity index (χ3n) is 3.96. The third kappa shape index (κ3) is 4.88. The van der Waals surface area contributed by atoms with Crippen LogP contribution < -0.4 is 10.1 Å². The second-order valence-corrected chi connectivity index (χ2v) is 7.93. The molecule has 0 saturated carbocycles. The number of carbonyl (C=O) groups excluding carboxylic acids is 2. The number of nitrogens with one attached hydrogen (secondary N) is 1. The minimum Gasteiger partial charge on any atom is -0.482 e. The number of Topliss-reactive ketones (excluding diaryl/α,β-unsaturated/α-hetero) is 1. The minimum absolute atomic E-state index is 0.00889. The van der Waals surface area contributed by atoms with Crippen molar-refractivity contribution in [1.82, 2.24) is 0 Å². The maximum atomic E-state index is 12.4. The van der Waals surface area contributed by atoms with Crippen LogP contribution in [-0.2, 0) is 6.61 Å². The lowest BCUT2D eigenvalue weighted by molar-refractivity contribution is 0.0990. The summed E-state index contributed by atoms with van der Waals surface area (Å²) in [4.78, 5) is 23.7. The zero-order valence-electron chi connectivity index (χ0n) is 15.2. The molecule has 0 spiro atoms. The van der Waals surface area contributed by atoms with Crippen LogP contribution in [0.15, 0.2) is 40.8 Å². The highest BCUT2D eigenvalue weighted by atomic mass is 35.5. The molecule has 0 aliphatic rings. The van der Waals surface area contributed by atoms with E-state index in [0.29, 0.717) is 17.0 Å². The van der Waals surface area contributed by atoms with Crippen molar-refractivity contribution in [3.8, 4) is 5.75 Å². The first-order chi connectivity index (χ1) is 14.2. The van der Waals surface area contributed by atoms with E-state index in [2.05, 4.69) is 5.32 Å². The molecule has 1 aromatic heterocycles. The number of rotatable bonds is 6. The molecular weight excluding hydrogens is 495 g/mol. The van der Waals surface area contributed by atoms with Crippen molar-refractivity contribution in [3.63, 3.8) is 0 Å². The van der Waals surface area contributed by atoms with Crippen LogP contribution >= 0.6 is 58.0 Å². The van der Waals surface area contributed by atoms with Gasteiger partial charge in [-0.2, -0.15) is 0 Å². The first kappa shape index (κ1) is 22.8. The van der Waals surface area contributed by atoms with Crippen molar-refractivity contribution in [1.29, 1.82) is 0 Å². The monoisotopic (exact) mass is 505 g/mol. The van der Waals surface area contributed by atoms with Gasteiger partial charge in [0.2, 0.25) is 0 Å². The van der Waals surface area contributed by atoms with Crippen LogP contribution in [-0.4, -0.2) is 11.7 Å². The first-order valence-electron chi connectivity index (χ1n) is 8.34. The van der Waals surface area contributed by atoms with Gasteiger partial charge in [-0.1, -0.05) is 58.0 Å². The van der Waals surface area contributed by atoms with Crippen LogP contribution in [0, 0.1) is 0 Å². The van der Waals surface area contributed by atoms with Crippen molar-refractivity contribution in [2.75, 3.05) is 5.32 Å². The molecule has 0 unspecified atom stereocenters. The van der Waals surface area contributed by atoms with Gasteiger partial charge < -0.3 is 14.5 Å². The lowest BCUT2D eigenvalue weighted by atomic mass is 10.1. The van der Waals surface area contributed by atoms with Crippen molar-refractivity contribution < 1.29 is 18.7 Å². The lowest BCUT2D eigenvalue weighted by Gasteiger charge is -2.12. The molecule has 0 fully saturated rings. The fraction of sp³-hybridized carbons (Fsp3) is 0.100. The Labute approximate surface area is 196 Å². The molecule has 1 heterocycles. The number of ether oxygens (including phenoxy) is 1. The highest BCUT2D eigenvalue weighted by Gasteiger charge is 2.21. The smallest absolute Gasteiger partial charge is 0.291 e. The molecule has 3 rings (SSSR count). The van der Waals surface area contributed by atoms with E-state index in [-0.39, 0.29) is 49.0 Å². The number of anilines is 1. The molecule has 0 radical (unpaired) electrons. The molecule has 2 aromatic carbocycles. The number of furan rings is 1. The summed E-state index contributed by atoms with van der Waals surface area (Å²) in [6.45, 7) is 1.38. The first-order valence-corrected chi connectivity index (χ1v) is 10.2. The van der Waals surface area contributed by atoms with Gasteiger partial charge in [0.15, 0.2) is 17.3 Å². The van der Waals surface area contributed by atoms with Gasteiger partial charge in [0, 0.05) is 11.3 Å². The highest BCUT2D eigenvalue weighted by molar-refractivity contribution is 6.55. The number of amides is 1. The molecule has 3 aromatic rings. The molecule has 30 heavy (non-hydrogen) atoms. The van der Waals surface area contributed by atoms with E-state index < -0.39 is 5.91 Å². The van der Waals surface area contributed by atoms with Gasteiger partial charge in [0.1, 0.15) is 22.4 Å². The van der Waals surface area contributed by atoms with E-state index in [1.165, 1.54) is 13.0 Å². The zero-order chi connectivity index (χ0) is 22.0. The molecule has 156 valence electrons. The van der Waals surface area contributed by atoms with Crippen molar-refractivity contribution in [3.05, 3.63) is 78.6 Å². The van der Waals surface area contributed by atoms with E-state index >= 15 is 0 Å². The number of benzene rings is 2. The fourth-order valence-electron chi connectivity index (χ4n) is 2.41. The Morgan fingerprint density at radius 1 is 0.867 bits per heavy atom. The second kappa shape index (κ2) is 9.50. The summed E-state index contributed by atoms with van der Waals surface area (Å²) in [6.07, 6.45) is 0. The van der Waals surface area contributed by atoms with E-state index in [1.54, 1.807) is 30.3 Å². The standard InChI is InChI=1S/C20H12Cl5NO4/c1-9(27)10-2-4-11(5-3-10)26-20(28)13-7-6-12(30-13)8-29-19-17(24)15(22)14(21)16(23)18(19)25/h2-7H,8H2,1H3,(H,26,28). The van der Waals surface area contributed by atoms with Gasteiger partial charge in [-0.15, -0.1) is 0 Å². The van der Waals surface area contributed by atoms with E-state index in [0.717, 1.165) is 0 Å². The third-order valence-corrected chi connectivity index (χ3v) is 6.21. The summed E-state index contributed by atoms with van der Waals surface area (Å²) in [7, 11) is 0. The molecule has 1 amide bonds. The van der Waals surface area contributed by atoms with Gasteiger partial charge in [0.25, 0.3) is 5.91 Å². The van der Waals surface area contributed by atoms with Crippen molar-refractivity contribution >= 4 is 75.4 Å². The summed E-state index contributed by atoms with van der Waals surface area (Å²) in [6, 6.07) is 9.54. The molecule has 1 N–H and O–H groups in total. The Balaban J connectivity index is 1.68. The van der Waals surface area contributed by atoms with Gasteiger partial charge in [-0.25, -0.2) is 0 Å². The molecular formula is C20H12Cl5NO4. The van der Waals surface area contributed by atoms with Crippen LogP contribution in [0.25, 0.3) is 0 Å². The van der Waals surface area contributed by atoms with Crippen molar-refractivity contribution in [2.45, 2.75) is 13.5 Å². The van der Waals surface area contributed by atoms with Crippen LogP contribution in [0.5, 0.6) is 5.75 Å². The Morgan fingerprint density at radius 2 is 1.43 bits per heavy atom. The maximum Gasteiger partial charge on any atom is 0.291 e. The number of hydrogen-bond donors (Lipinski definition) is 1. The Bertz CT molecular complexity index is 1100. The van der Waals surface area contributed by atoms with Gasteiger partial charge in [-0.05, 0) is 43.3 Å². The van der Waals surface area contributed by atoms with Crippen LogP contribution in [0.1, 0.15) is 33.6 Å².